The molecule has 0 atom stereocenters. The smallest absolute Gasteiger partial charge is 0.308 e. The Balaban J connectivity index is 2.12. The fourth-order valence-electron chi connectivity index (χ4n) is 2.31. The van der Waals surface area contributed by atoms with E-state index in [1.807, 2.05) is 5.38 Å². The zero-order valence-corrected chi connectivity index (χ0v) is 18.8. The molecule has 0 aliphatic carbocycles. The predicted molar refractivity (Wildman–Crippen MR) is 111 cm³/mol. The van der Waals surface area contributed by atoms with Gasteiger partial charge in [-0.3, -0.25) is 14.9 Å². The second-order valence-electron chi connectivity index (χ2n) is 6.24. The Morgan fingerprint density at radius 2 is 2.04 bits per heavy atom. The second-order valence-corrected chi connectivity index (χ2v) is 8.87. The molecule has 8 heteroatoms. The van der Waals surface area contributed by atoms with E-state index in [4.69, 9.17) is 4.74 Å². The van der Waals surface area contributed by atoms with Gasteiger partial charge >= 0.3 is 5.97 Å². The van der Waals surface area contributed by atoms with Crippen molar-refractivity contribution in [2.45, 2.75) is 40.0 Å². The standard InChI is InChI=1S/C18H20Br2N2O3S/c1-10(2)5-4-6-13-9-26-18(21-13)22-17(24)14-7-12(19)8-15(20)16(14)25-11(3)23/h7-10H,4-6H2,1-3H3,(H,21,22,24). The van der Waals surface area contributed by atoms with E-state index in [2.05, 4.69) is 56.0 Å². The van der Waals surface area contributed by atoms with Gasteiger partial charge in [0, 0.05) is 16.8 Å². The first-order valence-electron chi connectivity index (χ1n) is 8.19. The number of halogens is 2. The maximum absolute atomic E-state index is 12.7. The van der Waals surface area contributed by atoms with Crippen LogP contribution in [0.5, 0.6) is 5.75 Å². The Hall–Kier alpha value is -1.25. The Kier molecular flexibility index (Phi) is 7.79. The van der Waals surface area contributed by atoms with Gasteiger partial charge in [-0.15, -0.1) is 11.3 Å². The minimum Gasteiger partial charge on any atom is -0.425 e. The van der Waals surface area contributed by atoms with E-state index in [1.54, 1.807) is 12.1 Å². The number of hydrogen-bond donors (Lipinski definition) is 1. The highest BCUT2D eigenvalue weighted by Crippen LogP contribution is 2.34. The molecule has 1 heterocycles. The lowest BCUT2D eigenvalue weighted by Gasteiger charge is -2.11. The lowest BCUT2D eigenvalue weighted by molar-refractivity contribution is -0.131. The van der Waals surface area contributed by atoms with Gasteiger partial charge in [0.15, 0.2) is 10.9 Å². The van der Waals surface area contributed by atoms with Gasteiger partial charge in [0.1, 0.15) is 0 Å². The fraction of sp³-hybridized carbons (Fsp3) is 0.389. The van der Waals surface area contributed by atoms with Crippen molar-refractivity contribution in [3.63, 3.8) is 0 Å². The van der Waals surface area contributed by atoms with Gasteiger partial charge in [0.25, 0.3) is 5.91 Å². The molecule has 0 fully saturated rings. The van der Waals surface area contributed by atoms with Gasteiger partial charge in [0.2, 0.25) is 0 Å². The number of rotatable bonds is 7. The summed E-state index contributed by atoms with van der Waals surface area (Å²) in [7, 11) is 0. The molecule has 0 unspecified atom stereocenters. The van der Waals surface area contributed by atoms with Crippen LogP contribution in [-0.4, -0.2) is 16.9 Å². The number of benzene rings is 1. The fourth-order valence-corrected chi connectivity index (χ4v) is 4.36. The van der Waals surface area contributed by atoms with Gasteiger partial charge in [-0.05, 0) is 46.8 Å². The molecule has 26 heavy (non-hydrogen) atoms. The number of carbonyl (C=O) groups excluding carboxylic acids is 2. The summed E-state index contributed by atoms with van der Waals surface area (Å²) in [6.07, 6.45) is 3.12. The number of nitrogens with one attached hydrogen (secondary N) is 1. The van der Waals surface area contributed by atoms with E-state index in [0.717, 1.165) is 25.0 Å². The molecule has 0 saturated heterocycles. The Morgan fingerprint density at radius 3 is 2.69 bits per heavy atom. The summed E-state index contributed by atoms with van der Waals surface area (Å²) >= 11 is 8.06. The van der Waals surface area contributed by atoms with Crippen molar-refractivity contribution < 1.29 is 14.3 Å². The number of aryl methyl sites for hydroxylation is 1. The minimum atomic E-state index is -0.497. The van der Waals surface area contributed by atoms with Crippen molar-refractivity contribution in [1.82, 2.24) is 4.98 Å². The van der Waals surface area contributed by atoms with Gasteiger partial charge < -0.3 is 4.74 Å². The first-order valence-corrected chi connectivity index (χ1v) is 10.7. The maximum atomic E-state index is 12.7. The lowest BCUT2D eigenvalue weighted by Crippen LogP contribution is -2.15. The number of nitrogens with zero attached hydrogens (tertiary/aromatic N) is 1. The number of ether oxygens (including phenoxy) is 1. The van der Waals surface area contributed by atoms with Gasteiger partial charge in [0.05, 0.1) is 15.7 Å². The lowest BCUT2D eigenvalue weighted by atomic mass is 10.1. The van der Waals surface area contributed by atoms with E-state index >= 15 is 0 Å². The normalized spacial score (nSPS) is 10.8. The maximum Gasteiger partial charge on any atom is 0.308 e. The highest BCUT2D eigenvalue weighted by Gasteiger charge is 2.19. The van der Waals surface area contributed by atoms with Crippen LogP contribution >= 0.6 is 43.2 Å². The molecule has 5 nitrogen and oxygen atoms in total. The van der Waals surface area contributed by atoms with Gasteiger partial charge in [-0.1, -0.05) is 36.2 Å². The van der Waals surface area contributed by atoms with Crippen LogP contribution in [0, 0.1) is 5.92 Å². The second kappa shape index (κ2) is 9.62. The number of aromatic nitrogens is 1. The predicted octanol–water partition coefficient (Wildman–Crippen LogP) is 5.82. The van der Waals surface area contributed by atoms with E-state index < -0.39 is 5.97 Å². The van der Waals surface area contributed by atoms with E-state index in [9.17, 15) is 9.59 Å². The molecule has 2 aromatic rings. The number of thiazole rings is 1. The van der Waals surface area contributed by atoms with Crippen molar-refractivity contribution in [1.29, 1.82) is 0 Å². The quantitative estimate of drug-likeness (QED) is 0.381. The summed E-state index contributed by atoms with van der Waals surface area (Å²) in [5, 5.41) is 5.27. The first kappa shape index (κ1) is 21.1. The third kappa shape index (κ3) is 6.17. The highest BCUT2D eigenvalue weighted by molar-refractivity contribution is 9.11. The van der Waals surface area contributed by atoms with Crippen LogP contribution in [0.2, 0.25) is 0 Å². The summed E-state index contributed by atoms with van der Waals surface area (Å²) in [6.45, 7) is 5.69. The van der Waals surface area contributed by atoms with Crippen LogP contribution in [0.4, 0.5) is 5.13 Å². The summed E-state index contributed by atoms with van der Waals surface area (Å²) in [5.74, 6) is -0.0236. The van der Waals surface area contributed by atoms with Crippen molar-refractivity contribution in [2.24, 2.45) is 5.92 Å². The molecule has 1 N–H and O–H groups in total. The summed E-state index contributed by atoms with van der Waals surface area (Å²) in [5.41, 5.74) is 1.22. The first-order chi connectivity index (χ1) is 12.3. The molecule has 1 aromatic heterocycles. The average Bonchev–Trinajstić information content (AvgIpc) is 2.96. The average molecular weight is 504 g/mol. The molecule has 0 saturated carbocycles. The van der Waals surface area contributed by atoms with Crippen LogP contribution in [0.1, 0.15) is 49.7 Å². The molecule has 0 bridgehead atoms. The Morgan fingerprint density at radius 1 is 1.31 bits per heavy atom. The van der Waals surface area contributed by atoms with Crippen LogP contribution < -0.4 is 10.1 Å². The monoisotopic (exact) mass is 502 g/mol. The number of amides is 1. The van der Waals surface area contributed by atoms with Crippen molar-refractivity contribution in [3.05, 3.63) is 37.7 Å². The topological polar surface area (TPSA) is 68.3 Å². The number of esters is 1. The summed E-state index contributed by atoms with van der Waals surface area (Å²) in [4.78, 5) is 28.5. The van der Waals surface area contributed by atoms with E-state index in [-0.39, 0.29) is 17.2 Å². The van der Waals surface area contributed by atoms with E-state index in [1.165, 1.54) is 18.3 Å². The van der Waals surface area contributed by atoms with Crippen LogP contribution in [0.3, 0.4) is 0 Å². The van der Waals surface area contributed by atoms with Crippen molar-refractivity contribution in [2.75, 3.05) is 5.32 Å². The molecule has 1 aromatic carbocycles. The van der Waals surface area contributed by atoms with Crippen molar-refractivity contribution >= 4 is 60.2 Å². The largest absolute Gasteiger partial charge is 0.425 e. The third-order valence-corrected chi connectivity index (χ3v) is 5.34. The van der Waals surface area contributed by atoms with Gasteiger partial charge in [-0.2, -0.15) is 0 Å². The molecule has 0 spiro atoms. The van der Waals surface area contributed by atoms with E-state index in [0.29, 0.717) is 20.0 Å². The third-order valence-electron chi connectivity index (χ3n) is 3.49. The molecule has 2 rings (SSSR count). The van der Waals surface area contributed by atoms with Gasteiger partial charge in [-0.25, -0.2) is 4.98 Å². The molecular weight excluding hydrogens is 484 g/mol. The molecular formula is C18H20Br2N2O3S. The molecule has 0 aliphatic rings. The zero-order valence-electron chi connectivity index (χ0n) is 14.8. The van der Waals surface area contributed by atoms with Crippen LogP contribution in [-0.2, 0) is 11.2 Å². The Bertz CT molecular complexity index is 806. The molecule has 140 valence electrons. The molecule has 1 amide bonds. The summed E-state index contributed by atoms with van der Waals surface area (Å²) in [6, 6.07) is 3.32. The molecule has 0 aliphatic heterocycles. The number of anilines is 1. The van der Waals surface area contributed by atoms with Crippen LogP contribution in [0.15, 0.2) is 26.5 Å². The van der Waals surface area contributed by atoms with Crippen LogP contribution in [0.25, 0.3) is 0 Å². The number of carbonyl (C=O) groups is 2. The number of hydrogen-bond acceptors (Lipinski definition) is 5. The van der Waals surface area contributed by atoms with Crippen molar-refractivity contribution in [3.8, 4) is 5.75 Å². The summed E-state index contributed by atoms with van der Waals surface area (Å²) < 4.78 is 6.39. The Labute approximate surface area is 173 Å². The highest BCUT2D eigenvalue weighted by atomic mass is 79.9. The zero-order chi connectivity index (χ0) is 19.3. The SMILES string of the molecule is CC(=O)Oc1c(Br)cc(Br)cc1C(=O)Nc1nc(CCCC(C)C)cs1. The minimum absolute atomic E-state index is 0.187. The molecule has 0 radical (unpaired) electrons.